The van der Waals surface area contributed by atoms with Crippen LogP contribution in [-0.4, -0.2) is 12.4 Å². The molecule has 0 spiro atoms. The maximum atomic E-state index is 12.2. The van der Waals surface area contributed by atoms with Crippen LogP contribution in [0.4, 0.5) is 0 Å². The zero-order valence-electron chi connectivity index (χ0n) is 10.4. The van der Waals surface area contributed by atoms with Crippen molar-refractivity contribution in [1.82, 2.24) is 0 Å². The predicted molar refractivity (Wildman–Crippen MR) is 72.1 cm³/mol. The van der Waals surface area contributed by atoms with Gasteiger partial charge in [-0.15, -0.1) is 0 Å². The van der Waals surface area contributed by atoms with Crippen molar-refractivity contribution in [2.24, 2.45) is 0 Å². The van der Waals surface area contributed by atoms with Gasteiger partial charge in [0.25, 0.3) is 0 Å². The molecule has 0 fully saturated rings. The first kappa shape index (κ1) is 12.4. The molecule has 2 aromatic rings. The summed E-state index contributed by atoms with van der Waals surface area (Å²) in [7, 11) is 0. The first-order valence-electron chi connectivity index (χ1n) is 6.14. The van der Waals surface area contributed by atoms with E-state index in [9.17, 15) is 4.79 Å². The first-order valence-corrected chi connectivity index (χ1v) is 6.14. The van der Waals surface area contributed by atoms with Crippen molar-refractivity contribution in [2.75, 3.05) is 6.61 Å². The summed E-state index contributed by atoms with van der Waals surface area (Å²) in [6.45, 7) is 2.72. The topological polar surface area (TPSA) is 26.3 Å². The van der Waals surface area contributed by atoms with Crippen LogP contribution in [0.5, 0.6) is 5.75 Å². The second kappa shape index (κ2) is 6.01. The second-order valence-electron chi connectivity index (χ2n) is 4.07. The molecule has 0 atom stereocenters. The average molecular weight is 240 g/mol. The van der Waals surface area contributed by atoms with Gasteiger partial charge in [-0.3, -0.25) is 4.79 Å². The molecule has 2 heteroatoms. The van der Waals surface area contributed by atoms with E-state index in [4.69, 9.17) is 4.74 Å². The van der Waals surface area contributed by atoms with Gasteiger partial charge in [-0.25, -0.2) is 0 Å². The number of carbonyl (C=O) groups excluding carboxylic acids is 1. The van der Waals surface area contributed by atoms with Gasteiger partial charge >= 0.3 is 0 Å². The lowest BCUT2D eigenvalue weighted by molar-refractivity contribution is 0.103. The summed E-state index contributed by atoms with van der Waals surface area (Å²) in [5.41, 5.74) is 1.36. The van der Waals surface area contributed by atoms with Gasteiger partial charge < -0.3 is 4.74 Å². The zero-order chi connectivity index (χ0) is 12.8. The number of hydrogen-bond donors (Lipinski definition) is 0. The molecule has 18 heavy (non-hydrogen) atoms. The molecule has 0 aliphatic heterocycles. The molecule has 0 heterocycles. The molecule has 0 radical (unpaired) electrons. The van der Waals surface area contributed by atoms with Crippen molar-refractivity contribution < 1.29 is 9.53 Å². The van der Waals surface area contributed by atoms with E-state index in [-0.39, 0.29) is 5.78 Å². The third-order valence-corrected chi connectivity index (χ3v) is 2.61. The summed E-state index contributed by atoms with van der Waals surface area (Å²) in [6, 6.07) is 16.6. The Labute approximate surface area is 107 Å². The van der Waals surface area contributed by atoms with Crippen molar-refractivity contribution >= 4 is 5.78 Å². The van der Waals surface area contributed by atoms with Crippen LogP contribution in [0.3, 0.4) is 0 Å². The molecule has 2 rings (SSSR count). The molecular weight excluding hydrogens is 224 g/mol. The third kappa shape index (κ3) is 2.98. The fraction of sp³-hybridized carbons (Fsp3) is 0.188. The Morgan fingerprint density at radius 3 is 2.44 bits per heavy atom. The lowest BCUT2D eigenvalue weighted by atomic mass is 10.0. The lowest BCUT2D eigenvalue weighted by Crippen LogP contribution is -2.02. The van der Waals surface area contributed by atoms with Gasteiger partial charge in [0.1, 0.15) is 5.75 Å². The van der Waals surface area contributed by atoms with Crippen LogP contribution in [0.1, 0.15) is 29.3 Å². The molecule has 0 amide bonds. The summed E-state index contributed by atoms with van der Waals surface area (Å²) in [6.07, 6.45) is 0.955. The maximum absolute atomic E-state index is 12.2. The number of ether oxygens (including phenoxy) is 1. The molecular formula is C16H16O2. The Hall–Kier alpha value is -2.09. The summed E-state index contributed by atoms with van der Waals surface area (Å²) in [4.78, 5) is 12.2. The van der Waals surface area contributed by atoms with Gasteiger partial charge in [0, 0.05) is 11.1 Å². The van der Waals surface area contributed by atoms with E-state index < -0.39 is 0 Å². The standard InChI is InChI=1S/C16H16O2/c1-2-11-18-15-10-6-9-14(12-15)16(17)13-7-4-3-5-8-13/h3-10,12H,2,11H2,1H3. The third-order valence-electron chi connectivity index (χ3n) is 2.61. The number of hydrogen-bond acceptors (Lipinski definition) is 2. The molecule has 0 unspecified atom stereocenters. The van der Waals surface area contributed by atoms with E-state index >= 15 is 0 Å². The molecule has 0 saturated carbocycles. The Morgan fingerprint density at radius 1 is 1.00 bits per heavy atom. The molecule has 0 aliphatic carbocycles. The van der Waals surface area contributed by atoms with Gasteiger partial charge in [-0.1, -0.05) is 49.4 Å². The Balaban J connectivity index is 2.20. The summed E-state index contributed by atoms with van der Waals surface area (Å²) < 4.78 is 5.53. The summed E-state index contributed by atoms with van der Waals surface area (Å²) in [5.74, 6) is 0.774. The van der Waals surface area contributed by atoms with E-state index in [0.717, 1.165) is 12.2 Å². The molecule has 0 aliphatic rings. The highest BCUT2D eigenvalue weighted by Crippen LogP contribution is 2.16. The molecule has 0 bridgehead atoms. The van der Waals surface area contributed by atoms with Crippen LogP contribution < -0.4 is 4.74 Å². The van der Waals surface area contributed by atoms with Crippen molar-refractivity contribution in [1.29, 1.82) is 0 Å². The van der Waals surface area contributed by atoms with E-state index in [1.807, 2.05) is 48.5 Å². The van der Waals surface area contributed by atoms with E-state index in [2.05, 4.69) is 6.92 Å². The smallest absolute Gasteiger partial charge is 0.193 e. The Morgan fingerprint density at radius 2 is 1.72 bits per heavy atom. The van der Waals surface area contributed by atoms with Gasteiger partial charge in [0.2, 0.25) is 0 Å². The van der Waals surface area contributed by atoms with Gasteiger partial charge in [-0.2, -0.15) is 0 Å². The minimum atomic E-state index is 0.0255. The van der Waals surface area contributed by atoms with Crippen molar-refractivity contribution in [3.8, 4) is 5.75 Å². The number of ketones is 1. The normalized spacial score (nSPS) is 10.1. The zero-order valence-corrected chi connectivity index (χ0v) is 10.4. The fourth-order valence-corrected chi connectivity index (χ4v) is 1.70. The highest BCUT2D eigenvalue weighted by atomic mass is 16.5. The van der Waals surface area contributed by atoms with Crippen LogP contribution in [0.15, 0.2) is 54.6 Å². The first-order chi connectivity index (χ1) is 8.81. The highest BCUT2D eigenvalue weighted by molar-refractivity contribution is 6.09. The maximum Gasteiger partial charge on any atom is 0.193 e. The number of benzene rings is 2. The summed E-state index contributed by atoms with van der Waals surface area (Å²) in [5, 5.41) is 0. The molecule has 0 saturated heterocycles. The van der Waals surface area contributed by atoms with Crippen molar-refractivity contribution in [3.05, 3.63) is 65.7 Å². The molecule has 0 N–H and O–H groups in total. The predicted octanol–water partition coefficient (Wildman–Crippen LogP) is 3.71. The van der Waals surface area contributed by atoms with Crippen LogP contribution in [0, 0.1) is 0 Å². The SMILES string of the molecule is CCCOc1cccc(C(=O)c2ccccc2)c1. The second-order valence-corrected chi connectivity index (χ2v) is 4.07. The summed E-state index contributed by atoms with van der Waals surface area (Å²) >= 11 is 0. The van der Waals surface area contributed by atoms with Gasteiger partial charge in [0.05, 0.1) is 6.61 Å². The molecule has 0 aromatic heterocycles. The van der Waals surface area contributed by atoms with E-state index in [1.165, 1.54) is 0 Å². The quantitative estimate of drug-likeness (QED) is 0.745. The van der Waals surface area contributed by atoms with Gasteiger partial charge in [0.15, 0.2) is 5.78 Å². The monoisotopic (exact) mass is 240 g/mol. The number of rotatable bonds is 5. The molecule has 2 aromatic carbocycles. The van der Waals surface area contributed by atoms with Crippen LogP contribution >= 0.6 is 0 Å². The Bertz CT molecular complexity index is 518. The fourth-order valence-electron chi connectivity index (χ4n) is 1.70. The van der Waals surface area contributed by atoms with Crippen LogP contribution in [0.25, 0.3) is 0 Å². The van der Waals surface area contributed by atoms with Crippen LogP contribution in [-0.2, 0) is 0 Å². The highest BCUT2D eigenvalue weighted by Gasteiger charge is 2.08. The van der Waals surface area contributed by atoms with Crippen LogP contribution in [0.2, 0.25) is 0 Å². The molecule has 2 nitrogen and oxygen atoms in total. The lowest BCUT2D eigenvalue weighted by Gasteiger charge is -2.06. The Kier molecular flexibility index (Phi) is 4.13. The minimum Gasteiger partial charge on any atom is -0.494 e. The molecule has 92 valence electrons. The van der Waals surface area contributed by atoms with E-state index in [0.29, 0.717) is 17.7 Å². The van der Waals surface area contributed by atoms with Crippen molar-refractivity contribution in [3.63, 3.8) is 0 Å². The number of carbonyl (C=O) groups is 1. The van der Waals surface area contributed by atoms with Gasteiger partial charge in [-0.05, 0) is 18.6 Å². The van der Waals surface area contributed by atoms with E-state index in [1.54, 1.807) is 6.07 Å². The largest absolute Gasteiger partial charge is 0.494 e. The minimum absolute atomic E-state index is 0.0255. The average Bonchev–Trinajstić information content (AvgIpc) is 2.45. The van der Waals surface area contributed by atoms with Crippen molar-refractivity contribution in [2.45, 2.75) is 13.3 Å².